The van der Waals surface area contributed by atoms with Gasteiger partial charge in [-0.25, -0.2) is 14.8 Å². The molecule has 1 saturated carbocycles. The number of aromatic amines is 1. The van der Waals surface area contributed by atoms with Gasteiger partial charge in [0.25, 0.3) is 0 Å². The zero-order valence-corrected chi connectivity index (χ0v) is 14.4. The van der Waals surface area contributed by atoms with Crippen molar-refractivity contribution < 1.29 is 4.74 Å². The van der Waals surface area contributed by atoms with E-state index in [-0.39, 0.29) is 11.7 Å². The molecule has 3 heterocycles. The third-order valence-electron chi connectivity index (χ3n) is 4.85. The number of hydrogen-bond acceptors (Lipinski definition) is 5. The van der Waals surface area contributed by atoms with Gasteiger partial charge in [-0.3, -0.25) is 4.57 Å². The number of imidazole rings is 1. The molecule has 0 aromatic carbocycles. The smallest absolute Gasteiger partial charge is 0.326 e. The van der Waals surface area contributed by atoms with E-state index in [1.54, 1.807) is 19.5 Å². The van der Waals surface area contributed by atoms with Crippen molar-refractivity contribution in [3.05, 3.63) is 40.6 Å². The van der Waals surface area contributed by atoms with Gasteiger partial charge in [-0.05, 0) is 25.3 Å². The number of methoxy groups -OCH3 is 1. The number of nitrogens with one attached hydrogen (secondary N) is 2. The zero-order chi connectivity index (χ0) is 17.4. The van der Waals surface area contributed by atoms with Gasteiger partial charge in [-0.1, -0.05) is 12.8 Å². The molecule has 0 amide bonds. The summed E-state index contributed by atoms with van der Waals surface area (Å²) in [4.78, 5) is 23.9. The van der Waals surface area contributed by atoms with Gasteiger partial charge in [0.15, 0.2) is 0 Å². The van der Waals surface area contributed by atoms with Crippen LogP contribution in [0.5, 0.6) is 5.88 Å². The number of ether oxygens (including phenoxy) is 1. The fraction of sp³-hybridized carbons (Fsp3) is 0.389. The molecule has 0 bridgehead atoms. The lowest BCUT2D eigenvalue weighted by Gasteiger charge is -2.13. The maximum Gasteiger partial charge on any atom is 0.326 e. The third kappa shape index (κ3) is 2.86. The van der Waals surface area contributed by atoms with Crippen LogP contribution in [0.15, 0.2) is 29.3 Å². The highest BCUT2D eigenvalue weighted by atomic mass is 16.5. The van der Waals surface area contributed by atoms with Crippen molar-refractivity contribution in [2.24, 2.45) is 0 Å². The quantitative estimate of drug-likeness (QED) is 0.762. The molecule has 0 radical (unpaired) electrons. The lowest BCUT2D eigenvalue weighted by Crippen LogP contribution is -2.20. The van der Waals surface area contributed by atoms with Crippen LogP contribution in [0.2, 0.25) is 0 Å². The van der Waals surface area contributed by atoms with E-state index in [0.717, 1.165) is 35.1 Å². The van der Waals surface area contributed by atoms with Crippen LogP contribution in [0.4, 0.5) is 11.5 Å². The Labute approximate surface area is 145 Å². The van der Waals surface area contributed by atoms with Crippen molar-refractivity contribution in [3.63, 3.8) is 0 Å². The second-order valence-corrected chi connectivity index (χ2v) is 6.49. The molecule has 0 aliphatic heterocycles. The lowest BCUT2D eigenvalue weighted by molar-refractivity contribution is 0.397. The van der Waals surface area contributed by atoms with Crippen LogP contribution in [-0.4, -0.2) is 26.6 Å². The molecule has 3 aromatic rings. The van der Waals surface area contributed by atoms with Gasteiger partial charge in [0.1, 0.15) is 5.82 Å². The number of hydrogen-bond donors (Lipinski definition) is 2. The monoisotopic (exact) mass is 339 g/mol. The third-order valence-corrected chi connectivity index (χ3v) is 4.85. The first-order chi connectivity index (χ1) is 12.2. The normalized spacial score (nSPS) is 15.0. The Hall–Kier alpha value is -2.83. The standard InChI is InChI=1S/C18H21N5O2/c1-11-7-17(25-2)20-9-13(11)21-16-8-15-14(10-19-16)22-18(24)23(15)12-5-3-4-6-12/h7-10,12H,3-6H2,1-2H3,(H,19,21)(H,22,24). The van der Waals surface area contributed by atoms with Crippen molar-refractivity contribution in [3.8, 4) is 5.88 Å². The number of H-pyrrole nitrogens is 1. The number of nitrogens with zero attached hydrogens (tertiary/aromatic N) is 3. The predicted molar refractivity (Wildman–Crippen MR) is 96.7 cm³/mol. The van der Waals surface area contributed by atoms with Crippen LogP contribution >= 0.6 is 0 Å². The Bertz CT molecular complexity index is 969. The van der Waals surface area contributed by atoms with Crippen LogP contribution in [-0.2, 0) is 0 Å². The molecule has 3 aromatic heterocycles. The summed E-state index contributed by atoms with van der Waals surface area (Å²) >= 11 is 0. The minimum Gasteiger partial charge on any atom is -0.481 e. The molecule has 0 spiro atoms. The molecule has 7 nitrogen and oxygen atoms in total. The fourth-order valence-corrected chi connectivity index (χ4v) is 3.53. The van der Waals surface area contributed by atoms with E-state index in [9.17, 15) is 4.79 Å². The Kier molecular flexibility index (Phi) is 3.91. The molecule has 7 heteroatoms. The van der Waals surface area contributed by atoms with Gasteiger partial charge in [0.2, 0.25) is 5.88 Å². The first-order valence-electron chi connectivity index (χ1n) is 8.53. The predicted octanol–water partition coefficient (Wildman–Crippen LogP) is 3.30. The summed E-state index contributed by atoms with van der Waals surface area (Å²) in [6.45, 7) is 1.98. The zero-order valence-electron chi connectivity index (χ0n) is 14.4. The molecule has 1 aliphatic carbocycles. The average molecular weight is 339 g/mol. The van der Waals surface area contributed by atoms with Crippen molar-refractivity contribution >= 4 is 22.5 Å². The molecule has 25 heavy (non-hydrogen) atoms. The van der Waals surface area contributed by atoms with Crippen molar-refractivity contribution in [1.29, 1.82) is 0 Å². The van der Waals surface area contributed by atoms with E-state index < -0.39 is 0 Å². The summed E-state index contributed by atoms with van der Waals surface area (Å²) in [5.74, 6) is 1.26. The Balaban J connectivity index is 1.71. The summed E-state index contributed by atoms with van der Waals surface area (Å²) in [7, 11) is 1.60. The number of aryl methyl sites for hydroxylation is 1. The number of pyridine rings is 2. The first kappa shape index (κ1) is 15.7. The van der Waals surface area contributed by atoms with Crippen molar-refractivity contribution in [2.45, 2.75) is 38.6 Å². The highest BCUT2D eigenvalue weighted by Gasteiger charge is 2.21. The van der Waals surface area contributed by atoms with Crippen molar-refractivity contribution in [1.82, 2.24) is 19.5 Å². The largest absolute Gasteiger partial charge is 0.481 e. The SMILES string of the molecule is COc1cc(C)c(Nc2cc3c(cn2)[nH]c(=O)n3C2CCCC2)cn1. The number of aromatic nitrogens is 4. The lowest BCUT2D eigenvalue weighted by atomic mass is 10.2. The molecule has 130 valence electrons. The van der Waals surface area contributed by atoms with E-state index in [1.807, 2.05) is 23.6 Å². The van der Waals surface area contributed by atoms with Gasteiger partial charge >= 0.3 is 5.69 Å². The topological polar surface area (TPSA) is 84.8 Å². The van der Waals surface area contributed by atoms with Gasteiger partial charge < -0.3 is 15.0 Å². The maximum absolute atomic E-state index is 12.4. The molecular formula is C18H21N5O2. The van der Waals surface area contributed by atoms with E-state index in [2.05, 4.69) is 20.3 Å². The Morgan fingerprint density at radius 3 is 2.76 bits per heavy atom. The highest BCUT2D eigenvalue weighted by molar-refractivity contribution is 5.78. The summed E-state index contributed by atoms with van der Waals surface area (Å²) < 4.78 is 7.02. The molecule has 1 fully saturated rings. The van der Waals surface area contributed by atoms with E-state index in [1.165, 1.54) is 12.8 Å². The summed E-state index contributed by atoms with van der Waals surface area (Å²) in [6, 6.07) is 4.07. The summed E-state index contributed by atoms with van der Waals surface area (Å²) in [6.07, 6.45) is 7.89. The van der Waals surface area contributed by atoms with Crippen LogP contribution in [0.1, 0.15) is 37.3 Å². The molecule has 0 atom stereocenters. The van der Waals surface area contributed by atoms with E-state index >= 15 is 0 Å². The minimum atomic E-state index is -0.0526. The van der Waals surface area contributed by atoms with Crippen LogP contribution in [0.25, 0.3) is 11.0 Å². The Morgan fingerprint density at radius 2 is 2.04 bits per heavy atom. The second kappa shape index (κ2) is 6.23. The summed E-state index contributed by atoms with van der Waals surface area (Å²) in [5.41, 5.74) is 3.48. The van der Waals surface area contributed by atoms with Crippen molar-refractivity contribution in [2.75, 3.05) is 12.4 Å². The number of rotatable bonds is 4. The number of anilines is 2. The second-order valence-electron chi connectivity index (χ2n) is 6.49. The molecule has 0 saturated heterocycles. The molecule has 0 unspecified atom stereocenters. The average Bonchev–Trinajstić information content (AvgIpc) is 3.23. The summed E-state index contributed by atoms with van der Waals surface area (Å²) in [5, 5.41) is 3.28. The van der Waals surface area contributed by atoms with Crippen LogP contribution in [0.3, 0.4) is 0 Å². The molecule has 4 rings (SSSR count). The first-order valence-corrected chi connectivity index (χ1v) is 8.53. The van der Waals surface area contributed by atoms with Gasteiger partial charge in [-0.15, -0.1) is 0 Å². The van der Waals surface area contributed by atoms with Crippen LogP contribution < -0.4 is 15.7 Å². The fourth-order valence-electron chi connectivity index (χ4n) is 3.53. The van der Waals surface area contributed by atoms with Gasteiger partial charge in [0, 0.05) is 18.2 Å². The van der Waals surface area contributed by atoms with E-state index in [4.69, 9.17) is 4.74 Å². The minimum absolute atomic E-state index is 0.0526. The number of fused-ring (bicyclic) bond motifs is 1. The van der Waals surface area contributed by atoms with Gasteiger partial charge in [0.05, 0.1) is 36.2 Å². The molecule has 1 aliphatic rings. The highest BCUT2D eigenvalue weighted by Crippen LogP contribution is 2.31. The molecule has 2 N–H and O–H groups in total. The Morgan fingerprint density at radius 1 is 1.24 bits per heavy atom. The maximum atomic E-state index is 12.4. The molecular weight excluding hydrogens is 318 g/mol. The van der Waals surface area contributed by atoms with Gasteiger partial charge in [-0.2, -0.15) is 0 Å². The van der Waals surface area contributed by atoms with Crippen LogP contribution in [0, 0.1) is 6.92 Å². The van der Waals surface area contributed by atoms with E-state index in [0.29, 0.717) is 11.7 Å².